The Morgan fingerprint density at radius 3 is 2.00 bits per heavy atom. The Morgan fingerprint density at radius 2 is 1.64 bits per heavy atom. The van der Waals surface area contributed by atoms with E-state index in [1.807, 2.05) is 0 Å². The number of rotatable bonds is 2. The second-order valence-corrected chi connectivity index (χ2v) is 3.84. The van der Waals surface area contributed by atoms with Crippen LogP contribution in [-0.2, 0) is 0 Å². The average Bonchev–Trinajstić information content (AvgIpc) is 2.01. The first-order valence-corrected chi connectivity index (χ1v) is 4.66. The monoisotopic (exact) mass is 255 g/mol. The van der Waals surface area contributed by atoms with Gasteiger partial charge < -0.3 is 10.8 Å². The van der Waals surface area contributed by atoms with Gasteiger partial charge in [0, 0.05) is 10.0 Å². The summed E-state index contributed by atoms with van der Waals surface area (Å²) in [6.07, 6.45) is -0.616. The fourth-order valence-electron chi connectivity index (χ4n) is 1.05. The molecule has 0 heterocycles. The van der Waals surface area contributed by atoms with Gasteiger partial charge in [0.1, 0.15) is 0 Å². The summed E-state index contributed by atoms with van der Waals surface area (Å²) in [7, 11) is 0. The first-order chi connectivity index (χ1) is 6.00. The van der Waals surface area contributed by atoms with Crippen molar-refractivity contribution in [1.29, 1.82) is 0 Å². The molecular weight excluding hydrogens is 244 g/mol. The molecule has 0 radical (unpaired) electrons. The molecule has 1 aromatic carbocycles. The Bertz CT molecular complexity index is 284. The van der Waals surface area contributed by atoms with Gasteiger partial charge in [-0.1, -0.05) is 23.2 Å². The predicted octanol–water partition coefficient (Wildman–Crippen LogP) is 2.80. The van der Waals surface area contributed by atoms with Crippen LogP contribution in [0.5, 0.6) is 0 Å². The highest BCUT2D eigenvalue weighted by atomic mass is 35.5. The second kappa shape index (κ2) is 5.79. The summed E-state index contributed by atoms with van der Waals surface area (Å²) < 4.78 is 0. The van der Waals surface area contributed by atoms with Crippen LogP contribution in [0.3, 0.4) is 0 Å². The van der Waals surface area contributed by atoms with Gasteiger partial charge in [-0.25, -0.2) is 0 Å². The molecule has 14 heavy (non-hydrogen) atoms. The van der Waals surface area contributed by atoms with E-state index in [4.69, 9.17) is 28.9 Å². The second-order valence-electron chi connectivity index (χ2n) is 2.97. The zero-order valence-corrected chi connectivity index (χ0v) is 9.90. The van der Waals surface area contributed by atoms with E-state index < -0.39 is 12.1 Å². The smallest absolute Gasteiger partial charge is 0.0704 e. The Kier molecular flexibility index (Phi) is 5.79. The van der Waals surface area contributed by atoms with Crippen molar-refractivity contribution in [3.8, 4) is 0 Å². The molecule has 3 N–H and O–H groups in total. The van der Waals surface area contributed by atoms with Crippen molar-refractivity contribution < 1.29 is 5.11 Å². The van der Waals surface area contributed by atoms with Gasteiger partial charge in [-0.15, -0.1) is 12.4 Å². The Balaban J connectivity index is 0.00000169. The summed E-state index contributed by atoms with van der Waals surface area (Å²) in [5, 5.41) is 10.3. The van der Waals surface area contributed by atoms with Crippen LogP contribution in [0.4, 0.5) is 0 Å². The van der Waals surface area contributed by atoms with Gasteiger partial charge in [0.15, 0.2) is 0 Å². The van der Waals surface area contributed by atoms with Gasteiger partial charge in [0.2, 0.25) is 0 Å². The van der Waals surface area contributed by atoms with Gasteiger partial charge >= 0.3 is 0 Å². The Labute approximate surface area is 99.4 Å². The lowest BCUT2D eigenvalue weighted by Crippen LogP contribution is -2.23. The minimum atomic E-state index is -0.616. The van der Waals surface area contributed by atoms with Gasteiger partial charge in [0.05, 0.1) is 12.1 Å². The number of aliphatic hydroxyl groups excluding tert-OH is 1. The van der Waals surface area contributed by atoms with E-state index in [0.717, 1.165) is 5.56 Å². The number of nitrogens with two attached hydrogens (primary N) is 1. The van der Waals surface area contributed by atoms with Gasteiger partial charge in [-0.3, -0.25) is 0 Å². The molecule has 0 spiro atoms. The number of hydrogen-bond donors (Lipinski definition) is 2. The number of halogens is 3. The van der Waals surface area contributed by atoms with Gasteiger partial charge in [-0.2, -0.15) is 0 Å². The van der Waals surface area contributed by atoms with Crippen LogP contribution in [0.25, 0.3) is 0 Å². The lowest BCUT2D eigenvalue weighted by molar-refractivity contribution is 0.164. The lowest BCUT2D eigenvalue weighted by atomic mass is 10.0. The summed E-state index contributed by atoms with van der Waals surface area (Å²) in [5.74, 6) is 0. The quantitative estimate of drug-likeness (QED) is 0.855. The maximum absolute atomic E-state index is 9.24. The van der Waals surface area contributed by atoms with Gasteiger partial charge in [0.25, 0.3) is 0 Å². The van der Waals surface area contributed by atoms with E-state index in [0.29, 0.717) is 10.0 Å². The van der Waals surface area contributed by atoms with Crippen LogP contribution in [0.15, 0.2) is 18.2 Å². The Morgan fingerprint density at radius 1 is 1.21 bits per heavy atom. The van der Waals surface area contributed by atoms with Gasteiger partial charge in [-0.05, 0) is 30.7 Å². The number of hydrogen-bond acceptors (Lipinski definition) is 2. The average molecular weight is 257 g/mol. The predicted molar refractivity (Wildman–Crippen MR) is 62.3 cm³/mol. The van der Waals surface area contributed by atoms with Crippen molar-refractivity contribution in [2.45, 2.75) is 19.1 Å². The normalized spacial score (nSPS) is 14.4. The van der Waals surface area contributed by atoms with Crippen LogP contribution in [0.1, 0.15) is 18.5 Å². The molecule has 0 aromatic heterocycles. The molecule has 0 aliphatic heterocycles. The van der Waals surface area contributed by atoms with Crippen molar-refractivity contribution in [2.24, 2.45) is 5.73 Å². The maximum Gasteiger partial charge on any atom is 0.0704 e. The van der Waals surface area contributed by atoms with E-state index in [2.05, 4.69) is 0 Å². The third-order valence-electron chi connectivity index (χ3n) is 1.79. The lowest BCUT2D eigenvalue weighted by Gasteiger charge is -2.15. The first kappa shape index (κ1) is 14.0. The Hall–Kier alpha value is 0.01000. The molecule has 2 atom stereocenters. The van der Waals surface area contributed by atoms with Crippen LogP contribution in [0.2, 0.25) is 10.0 Å². The van der Waals surface area contributed by atoms with Crippen molar-refractivity contribution >= 4 is 35.6 Å². The van der Waals surface area contributed by atoms with E-state index in [1.165, 1.54) is 0 Å². The standard InChI is InChI=1S/C9H11Cl2NO.ClH/c1-5(13)9(12)6-2-7(10)4-8(11)3-6;/h2-5,9,13H,12H2,1H3;1H/t5-,9-;/m0./s1. The molecule has 0 bridgehead atoms. The zero-order valence-electron chi connectivity index (χ0n) is 7.58. The van der Waals surface area contributed by atoms with Crippen LogP contribution >= 0.6 is 35.6 Å². The molecule has 5 heteroatoms. The summed E-state index contributed by atoms with van der Waals surface area (Å²) >= 11 is 11.6. The van der Waals surface area contributed by atoms with Crippen LogP contribution < -0.4 is 5.73 Å². The number of benzene rings is 1. The zero-order chi connectivity index (χ0) is 10.0. The third kappa shape index (κ3) is 3.64. The molecule has 80 valence electrons. The molecular formula is C9H12Cl3NO. The minimum absolute atomic E-state index is 0. The van der Waals surface area contributed by atoms with Crippen molar-refractivity contribution in [3.05, 3.63) is 33.8 Å². The molecule has 0 aliphatic carbocycles. The van der Waals surface area contributed by atoms with E-state index in [1.54, 1.807) is 25.1 Å². The molecule has 0 saturated carbocycles. The fraction of sp³-hybridized carbons (Fsp3) is 0.333. The van der Waals surface area contributed by atoms with E-state index >= 15 is 0 Å². The highest BCUT2D eigenvalue weighted by molar-refractivity contribution is 6.34. The maximum atomic E-state index is 9.24. The molecule has 0 fully saturated rings. The summed E-state index contributed by atoms with van der Waals surface area (Å²) in [5.41, 5.74) is 6.45. The first-order valence-electron chi connectivity index (χ1n) is 3.90. The summed E-state index contributed by atoms with van der Waals surface area (Å²) in [6, 6.07) is 4.58. The summed E-state index contributed by atoms with van der Waals surface area (Å²) in [4.78, 5) is 0. The highest BCUT2D eigenvalue weighted by Gasteiger charge is 2.12. The fourth-order valence-corrected chi connectivity index (χ4v) is 1.59. The van der Waals surface area contributed by atoms with Crippen LogP contribution in [-0.4, -0.2) is 11.2 Å². The SMILES string of the molecule is C[C@H](O)[C@H](N)c1cc(Cl)cc(Cl)c1.Cl. The number of aliphatic hydroxyl groups is 1. The molecule has 0 amide bonds. The molecule has 0 unspecified atom stereocenters. The van der Waals surface area contributed by atoms with Crippen molar-refractivity contribution in [3.63, 3.8) is 0 Å². The van der Waals surface area contributed by atoms with Crippen molar-refractivity contribution in [1.82, 2.24) is 0 Å². The van der Waals surface area contributed by atoms with E-state index in [-0.39, 0.29) is 12.4 Å². The minimum Gasteiger partial charge on any atom is -0.391 e. The van der Waals surface area contributed by atoms with Crippen molar-refractivity contribution in [2.75, 3.05) is 0 Å². The molecule has 2 nitrogen and oxygen atoms in total. The van der Waals surface area contributed by atoms with E-state index in [9.17, 15) is 5.11 Å². The molecule has 0 aliphatic rings. The third-order valence-corrected chi connectivity index (χ3v) is 2.23. The molecule has 1 aromatic rings. The highest BCUT2D eigenvalue weighted by Crippen LogP contribution is 2.23. The summed E-state index contributed by atoms with van der Waals surface area (Å²) in [6.45, 7) is 1.62. The molecule has 0 saturated heterocycles. The van der Waals surface area contributed by atoms with Crippen LogP contribution in [0, 0.1) is 0 Å². The largest absolute Gasteiger partial charge is 0.391 e. The molecule has 1 rings (SSSR count). The topological polar surface area (TPSA) is 46.2 Å².